The van der Waals surface area contributed by atoms with Gasteiger partial charge in [0.15, 0.2) is 5.13 Å². The van der Waals surface area contributed by atoms with Crippen molar-refractivity contribution in [1.29, 1.82) is 0 Å². The highest BCUT2D eigenvalue weighted by molar-refractivity contribution is 7.14. The molecule has 3 aromatic rings. The van der Waals surface area contributed by atoms with Gasteiger partial charge in [-0.25, -0.2) is 9.78 Å². The predicted molar refractivity (Wildman–Crippen MR) is 119 cm³/mol. The lowest BCUT2D eigenvalue weighted by Gasteiger charge is -2.22. The van der Waals surface area contributed by atoms with Gasteiger partial charge in [-0.2, -0.15) is 0 Å². The van der Waals surface area contributed by atoms with Crippen molar-refractivity contribution in [2.24, 2.45) is 0 Å². The van der Waals surface area contributed by atoms with Gasteiger partial charge in [0, 0.05) is 22.1 Å². The van der Waals surface area contributed by atoms with E-state index in [0.29, 0.717) is 27.1 Å². The van der Waals surface area contributed by atoms with Gasteiger partial charge >= 0.3 is 5.97 Å². The highest BCUT2D eigenvalue weighted by Gasteiger charge is 2.23. The third-order valence-corrected chi connectivity index (χ3v) is 6.41. The number of esters is 1. The molecule has 0 saturated carbocycles. The Labute approximate surface area is 182 Å². The second-order valence-corrected chi connectivity index (χ2v) is 9.50. The van der Waals surface area contributed by atoms with E-state index >= 15 is 0 Å². The zero-order chi connectivity index (χ0) is 21.3. The molecule has 0 aliphatic rings. The van der Waals surface area contributed by atoms with Gasteiger partial charge in [-0.3, -0.25) is 9.69 Å². The fraction of sp³-hybridized carbons (Fsp3) is 0.286. The number of hydrogen-bond donors (Lipinski definition) is 0. The van der Waals surface area contributed by atoms with Gasteiger partial charge in [0.2, 0.25) is 5.91 Å². The Morgan fingerprint density at radius 2 is 1.90 bits per heavy atom. The van der Waals surface area contributed by atoms with Crippen molar-refractivity contribution in [1.82, 2.24) is 4.98 Å². The number of nitrogens with zero attached hydrogens (tertiary/aromatic N) is 2. The van der Waals surface area contributed by atoms with Crippen LogP contribution in [0.15, 0.2) is 23.6 Å². The third kappa shape index (κ3) is 4.69. The summed E-state index contributed by atoms with van der Waals surface area (Å²) in [5.74, 6) is -0.566. The first-order valence-electron chi connectivity index (χ1n) is 8.93. The Balaban J connectivity index is 1.81. The van der Waals surface area contributed by atoms with Gasteiger partial charge < -0.3 is 4.74 Å². The molecule has 0 spiro atoms. The molecular weight excluding hydrogens is 428 g/mol. The summed E-state index contributed by atoms with van der Waals surface area (Å²) in [5.41, 5.74) is 3.68. The molecule has 0 radical (unpaired) electrons. The maximum absolute atomic E-state index is 12.4. The fourth-order valence-electron chi connectivity index (χ4n) is 3.10. The van der Waals surface area contributed by atoms with E-state index in [4.69, 9.17) is 16.3 Å². The van der Waals surface area contributed by atoms with Crippen LogP contribution in [0.2, 0.25) is 5.02 Å². The van der Waals surface area contributed by atoms with Gasteiger partial charge in [0.25, 0.3) is 0 Å². The summed E-state index contributed by atoms with van der Waals surface area (Å²) in [5, 5.41) is 2.76. The summed E-state index contributed by atoms with van der Waals surface area (Å²) >= 11 is 9.30. The van der Waals surface area contributed by atoms with E-state index in [0.717, 1.165) is 20.9 Å². The molecular formula is C21H21ClN2O3S2. The zero-order valence-electron chi connectivity index (χ0n) is 16.8. The molecule has 0 fully saturated rings. The van der Waals surface area contributed by atoms with Gasteiger partial charge in [0.1, 0.15) is 6.61 Å². The summed E-state index contributed by atoms with van der Waals surface area (Å²) in [6.45, 7) is 9.22. The number of halogens is 1. The van der Waals surface area contributed by atoms with Crippen molar-refractivity contribution in [3.05, 3.63) is 60.7 Å². The van der Waals surface area contributed by atoms with Crippen LogP contribution in [0, 0.1) is 27.7 Å². The van der Waals surface area contributed by atoms with E-state index in [2.05, 4.69) is 4.98 Å². The maximum atomic E-state index is 12.4. The minimum absolute atomic E-state index is 0.0377. The Morgan fingerprint density at radius 3 is 2.48 bits per heavy atom. The number of amides is 1. The minimum Gasteiger partial charge on any atom is -0.456 e. The van der Waals surface area contributed by atoms with Gasteiger partial charge in [-0.1, -0.05) is 17.7 Å². The van der Waals surface area contributed by atoms with Crippen LogP contribution in [-0.2, 0) is 16.1 Å². The standard InChI is InChI=1S/C21H21ClN2O3S2/c1-11-6-12(2)19(18(22)7-11)24(15(5)25)21-23-16(10-28-21)9-27-20(26)17-8-13(3)29-14(17)4/h6-8,10H,9H2,1-5H3. The molecule has 0 atom stereocenters. The number of hydrogen-bond acceptors (Lipinski definition) is 6. The number of anilines is 2. The summed E-state index contributed by atoms with van der Waals surface area (Å²) in [4.78, 5) is 32.7. The molecule has 0 unspecified atom stereocenters. The Kier molecular flexibility index (Phi) is 6.41. The van der Waals surface area contributed by atoms with E-state index in [1.807, 2.05) is 45.9 Å². The zero-order valence-corrected chi connectivity index (χ0v) is 19.2. The van der Waals surface area contributed by atoms with Crippen LogP contribution in [0.5, 0.6) is 0 Å². The number of carbonyl (C=O) groups excluding carboxylic acids is 2. The Bertz CT molecular complexity index is 1060. The van der Waals surface area contributed by atoms with Crippen molar-refractivity contribution < 1.29 is 14.3 Å². The molecule has 0 saturated heterocycles. The van der Waals surface area contributed by atoms with Crippen LogP contribution in [0.4, 0.5) is 10.8 Å². The van der Waals surface area contributed by atoms with Crippen LogP contribution >= 0.6 is 34.3 Å². The summed E-state index contributed by atoms with van der Waals surface area (Å²) in [6, 6.07) is 5.62. The van der Waals surface area contributed by atoms with Crippen molar-refractivity contribution in [2.45, 2.75) is 41.2 Å². The number of benzene rings is 1. The monoisotopic (exact) mass is 448 g/mol. The van der Waals surface area contributed by atoms with Gasteiger partial charge in [0.05, 0.1) is 22.0 Å². The molecule has 3 rings (SSSR count). The number of carbonyl (C=O) groups is 2. The Morgan fingerprint density at radius 1 is 1.17 bits per heavy atom. The molecule has 0 aliphatic carbocycles. The number of aryl methyl sites for hydroxylation is 4. The number of thiophene rings is 1. The van der Waals surface area contributed by atoms with Crippen LogP contribution in [0.3, 0.4) is 0 Å². The van der Waals surface area contributed by atoms with Gasteiger partial charge in [-0.15, -0.1) is 22.7 Å². The molecule has 8 heteroatoms. The molecule has 1 aromatic carbocycles. The van der Waals surface area contributed by atoms with E-state index < -0.39 is 0 Å². The average Bonchev–Trinajstić information content (AvgIpc) is 3.21. The highest BCUT2D eigenvalue weighted by Crippen LogP contribution is 2.37. The number of rotatable bonds is 5. The second kappa shape index (κ2) is 8.65. The minimum atomic E-state index is -0.373. The highest BCUT2D eigenvalue weighted by atomic mass is 35.5. The van der Waals surface area contributed by atoms with E-state index in [1.165, 1.54) is 23.2 Å². The topological polar surface area (TPSA) is 59.5 Å². The molecule has 152 valence electrons. The normalized spacial score (nSPS) is 10.8. The van der Waals surface area contributed by atoms with Crippen LogP contribution in [-0.4, -0.2) is 16.9 Å². The van der Waals surface area contributed by atoms with Crippen LogP contribution < -0.4 is 4.90 Å². The largest absolute Gasteiger partial charge is 0.456 e. The first-order valence-corrected chi connectivity index (χ1v) is 11.0. The molecule has 0 N–H and O–H groups in total. The smallest absolute Gasteiger partial charge is 0.339 e. The molecule has 0 bridgehead atoms. The second-order valence-electron chi connectivity index (χ2n) is 6.79. The molecule has 0 aliphatic heterocycles. The van der Waals surface area contributed by atoms with E-state index in [-0.39, 0.29) is 18.5 Å². The first-order chi connectivity index (χ1) is 13.7. The molecule has 5 nitrogen and oxygen atoms in total. The molecule has 29 heavy (non-hydrogen) atoms. The summed E-state index contributed by atoms with van der Waals surface area (Å²) in [6.07, 6.45) is 0. The quantitative estimate of drug-likeness (QED) is 0.440. The maximum Gasteiger partial charge on any atom is 0.339 e. The lowest BCUT2D eigenvalue weighted by atomic mass is 10.1. The molecule has 1 amide bonds. The molecule has 2 heterocycles. The van der Waals surface area contributed by atoms with E-state index in [9.17, 15) is 9.59 Å². The van der Waals surface area contributed by atoms with E-state index in [1.54, 1.807) is 16.7 Å². The Hall–Kier alpha value is -2.22. The van der Waals surface area contributed by atoms with Crippen molar-refractivity contribution in [3.8, 4) is 0 Å². The number of thiazole rings is 1. The summed E-state index contributed by atoms with van der Waals surface area (Å²) < 4.78 is 5.41. The average molecular weight is 449 g/mol. The van der Waals surface area contributed by atoms with Crippen molar-refractivity contribution in [3.63, 3.8) is 0 Å². The fourth-order valence-corrected chi connectivity index (χ4v) is 5.27. The first kappa shape index (κ1) is 21.5. The lowest BCUT2D eigenvalue weighted by molar-refractivity contribution is -0.115. The van der Waals surface area contributed by atoms with Crippen molar-refractivity contribution >= 4 is 57.0 Å². The number of ether oxygens (including phenoxy) is 1. The SMILES string of the molecule is CC(=O)N(c1nc(COC(=O)c2cc(C)sc2C)cs1)c1c(C)cc(C)cc1Cl. The molecule has 2 aromatic heterocycles. The summed E-state index contributed by atoms with van der Waals surface area (Å²) in [7, 11) is 0. The van der Waals surface area contributed by atoms with Crippen molar-refractivity contribution in [2.75, 3.05) is 4.90 Å². The van der Waals surface area contributed by atoms with Crippen LogP contribution in [0.25, 0.3) is 0 Å². The van der Waals surface area contributed by atoms with Crippen LogP contribution in [0.1, 0.15) is 43.9 Å². The lowest BCUT2D eigenvalue weighted by Crippen LogP contribution is -2.24. The van der Waals surface area contributed by atoms with Gasteiger partial charge in [-0.05, 0) is 51.0 Å². The predicted octanol–water partition coefficient (Wildman–Crippen LogP) is 6.13. The number of aromatic nitrogens is 1. The third-order valence-electron chi connectivity index (χ3n) is 4.28.